The maximum absolute atomic E-state index is 10.7. The van der Waals surface area contributed by atoms with Crippen LogP contribution in [0.1, 0.15) is 50.5 Å². The van der Waals surface area contributed by atoms with Crippen LogP contribution in [0, 0.1) is 11.8 Å². The average Bonchev–Trinajstić information content (AvgIpc) is 2.90. The van der Waals surface area contributed by atoms with Crippen molar-refractivity contribution in [1.29, 1.82) is 0 Å². The lowest BCUT2D eigenvalue weighted by atomic mass is 9.75. The van der Waals surface area contributed by atoms with Crippen molar-refractivity contribution >= 4 is 0 Å². The second-order valence-electron chi connectivity index (χ2n) is 6.13. The lowest BCUT2D eigenvalue weighted by Crippen LogP contribution is -2.31. The van der Waals surface area contributed by atoms with Crippen molar-refractivity contribution in [3.8, 4) is 5.75 Å². The van der Waals surface area contributed by atoms with Gasteiger partial charge in [-0.05, 0) is 30.7 Å². The molecule has 2 unspecified atom stereocenters. The lowest BCUT2D eigenvalue weighted by Gasteiger charge is -2.33. The summed E-state index contributed by atoms with van der Waals surface area (Å²) < 4.78 is 5.71. The molecule has 104 valence electrons. The van der Waals surface area contributed by atoms with E-state index < -0.39 is 0 Å². The molecule has 0 aromatic heterocycles. The second-order valence-corrected chi connectivity index (χ2v) is 6.13. The highest BCUT2D eigenvalue weighted by Crippen LogP contribution is 2.41. The topological polar surface area (TPSA) is 29.5 Å². The zero-order chi connectivity index (χ0) is 13.2. The Balaban J connectivity index is 1.67. The van der Waals surface area contributed by atoms with Gasteiger partial charge in [0.2, 0.25) is 0 Å². The largest absolute Gasteiger partial charge is 0.493 e. The van der Waals surface area contributed by atoms with Gasteiger partial charge in [0.1, 0.15) is 5.75 Å². The smallest absolute Gasteiger partial charge is 0.123 e. The highest BCUT2D eigenvalue weighted by atomic mass is 16.5. The quantitative estimate of drug-likeness (QED) is 0.897. The minimum atomic E-state index is -0.235. The van der Waals surface area contributed by atoms with Crippen LogP contribution in [0.3, 0.4) is 0 Å². The molecule has 1 aliphatic heterocycles. The van der Waals surface area contributed by atoms with E-state index in [1.54, 1.807) is 0 Å². The summed E-state index contributed by atoms with van der Waals surface area (Å²) in [6.07, 6.45) is 5.98. The Morgan fingerprint density at radius 3 is 2.68 bits per heavy atom. The summed E-state index contributed by atoms with van der Waals surface area (Å²) in [6.45, 7) is 2.93. The highest BCUT2D eigenvalue weighted by molar-refractivity contribution is 5.40. The molecule has 3 rings (SSSR count). The number of aliphatic hydroxyl groups excluding tert-OH is 1. The van der Waals surface area contributed by atoms with Crippen LogP contribution in [0.25, 0.3) is 0 Å². The van der Waals surface area contributed by atoms with E-state index in [9.17, 15) is 5.11 Å². The zero-order valence-electron chi connectivity index (χ0n) is 11.7. The normalized spacial score (nSPS) is 31.6. The molecule has 1 heterocycles. The Morgan fingerprint density at radius 2 is 1.95 bits per heavy atom. The maximum Gasteiger partial charge on any atom is 0.123 e. The first kappa shape index (κ1) is 13.0. The van der Waals surface area contributed by atoms with Gasteiger partial charge in [-0.1, -0.05) is 44.4 Å². The number of rotatable bonds is 3. The molecule has 1 fully saturated rings. The van der Waals surface area contributed by atoms with Gasteiger partial charge in [-0.25, -0.2) is 0 Å². The molecule has 2 nitrogen and oxygen atoms in total. The molecule has 2 aliphatic rings. The van der Waals surface area contributed by atoms with E-state index in [0.717, 1.165) is 11.7 Å². The molecule has 1 N–H and O–H groups in total. The standard InChI is InChI=1S/C17H24O2/c1-2-12-7-9-13(10-8-12)17(18)15-11-19-16-6-4-3-5-14(15)16/h3-6,12-13,15,17-18H,2,7-11H2,1H3. The number of benzene rings is 1. The minimum Gasteiger partial charge on any atom is -0.493 e. The SMILES string of the molecule is CCC1CCC(C(O)C2COc3ccccc32)CC1. The number of hydrogen-bond donors (Lipinski definition) is 1. The summed E-state index contributed by atoms with van der Waals surface area (Å²) in [5.41, 5.74) is 1.20. The second kappa shape index (κ2) is 5.54. The molecule has 1 aliphatic carbocycles. The van der Waals surface area contributed by atoms with Crippen molar-refractivity contribution in [2.75, 3.05) is 6.61 Å². The monoisotopic (exact) mass is 260 g/mol. The van der Waals surface area contributed by atoms with Crippen molar-refractivity contribution in [2.45, 2.75) is 51.0 Å². The van der Waals surface area contributed by atoms with Gasteiger partial charge in [-0.2, -0.15) is 0 Å². The molecule has 19 heavy (non-hydrogen) atoms. The summed E-state index contributed by atoms with van der Waals surface area (Å²) in [5.74, 6) is 2.49. The van der Waals surface area contributed by atoms with Gasteiger partial charge in [-0.3, -0.25) is 0 Å². The van der Waals surface area contributed by atoms with Crippen LogP contribution in [0.5, 0.6) is 5.75 Å². The van der Waals surface area contributed by atoms with Gasteiger partial charge in [-0.15, -0.1) is 0 Å². The van der Waals surface area contributed by atoms with Crippen molar-refractivity contribution < 1.29 is 9.84 Å². The first-order valence-corrected chi connectivity index (χ1v) is 7.69. The first-order valence-electron chi connectivity index (χ1n) is 7.69. The summed E-state index contributed by atoms with van der Waals surface area (Å²) >= 11 is 0. The Hall–Kier alpha value is -1.02. The molecule has 0 spiro atoms. The fourth-order valence-electron chi connectivity index (χ4n) is 3.74. The molecule has 0 amide bonds. The molecule has 1 aromatic rings. The Bertz CT molecular complexity index is 421. The summed E-state index contributed by atoms with van der Waals surface area (Å²) in [6, 6.07) is 8.16. The van der Waals surface area contributed by atoms with E-state index in [4.69, 9.17) is 4.74 Å². The fraction of sp³-hybridized carbons (Fsp3) is 0.647. The third-order valence-corrected chi connectivity index (χ3v) is 5.10. The molecular formula is C17H24O2. The third kappa shape index (κ3) is 2.51. The predicted octanol–water partition coefficient (Wildman–Crippen LogP) is 3.74. The zero-order valence-corrected chi connectivity index (χ0v) is 11.7. The van der Waals surface area contributed by atoms with E-state index in [1.807, 2.05) is 18.2 Å². The van der Waals surface area contributed by atoms with Crippen LogP contribution in [0.2, 0.25) is 0 Å². The van der Waals surface area contributed by atoms with Crippen molar-refractivity contribution in [2.24, 2.45) is 11.8 Å². The molecule has 1 aromatic carbocycles. The molecule has 1 saturated carbocycles. The molecule has 0 radical (unpaired) electrons. The van der Waals surface area contributed by atoms with Gasteiger partial charge < -0.3 is 9.84 Å². The van der Waals surface area contributed by atoms with Gasteiger partial charge in [0.15, 0.2) is 0 Å². The molecule has 2 heteroatoms. The van der Waals surface area contributed by atoms with Crippen LogP contribution < -0.4 is 4.74 Å². The Labute approximate surface area is 115 Å². The Kier molecular flexibility index (Phi) is 3.79. The van der Waals surface area contributed by atoms with E-state index in [-0.39, 0.29) is 12.0 Å². The van der Waals surface area contributed by atoms with Crippen LogP contribution in [-0.2, 0) is 0 Å². The van der Waals surface area contributed by atoms with Gasteiger partial charge in [0, 0.05) is 11.5 Å². The van der Waals surface area contributed by atoms with Crippen molar-refractivity contribution in [1.82, 2.24) is 0 Å². The molecule has 2 atom stereocenters. The third-order valence-electron chi connectivity index (χ3n) is 5.10. The molecule has 0 bridgehead atoms. The lowest BCUT2D eigenvalue weighted by molar-refractivity contribution is 0.0448. The molecular weight excluding hydrogens is 236 g/mol. The average molecular weight is 260 g/mol. The number of hydrogen-bond acceptors (Lipinski definition) is 2. The van der Waals surface area contributed by atoms with E-state index in [0.29, 0.717) is 12.5 Å². The number of para-hydroxylation sites is 1. The minimum absolute atomic E-state index is 0.180. The van der Waals surface area contributed by atoms with Gasteiger partial charge in [0.25, 0.3) is 0 Å². The van der Waals surface area contributed by atoms with Crippen LogP contribution in [0.4, 0.5) is 0 Å². The number of ether oxygens (including phenoxy) is 1. The fourth-order valence-corrected chi connectivity index (χ4v) is 3.74. The maximum atomic E-state index is 10.7. The summed E-state index contributed by atoms with van der Waals surface area (Å²) in [4.78, 5) is 0. The van der Waals surface area contributed by atoms with Crippen molar-refractivity contribution in [3.63, 3.8) is 0 Å². The van der Waals surface area contributed by atoms with Crippen LogP contribution in [0.15, 0.2) is 24.3 Å². The van der Waals surface area contributed by atoms with E-state index in [1.165, 1.54) is 37.7 Å². The van der Waals surface area contributed by atoms with E-state index in [2.05, 4.69) is 13.0 Å². The summed E-state index contributed by atoms with van der Waals surface area (Å²) in [7, 11) is 0. The first-order chi connectivity index (χ1) is 9.29. The highest BCUT2D eigenvalue weighted by Gasteiger charge is 2.36. The van der Waals surface area contributed by atoms with Gasteiger partial charge >= 0.3 is 0 Å². The molecule has 0 saturated heterocycles. The predicted molar refractivity (Wildman–Crippen MR) is 76.4 cm³/mol. The number of aliphatic hydroxyl groups is 1. The van der Waals surface area contributed by atoms with Crippen LogP contribution in [-0.4, -0.2) is 17.8 Å². The Morgan fingerprint density at radius 1 is 1.21 bits per heavy atom. The van der Waals surface area contributed by atoms with Gasteiger partial charge in [0.05, 0.1) is 12.7 Å². The van der Waals surface area contributed by atoms with Crippen LogP contribution >= 0.6 is 0 Å². The van der Waals surface area contributed by atoms with E-state index >= 15 is 0 Å². The number of fused-ring (bicyclic) bond motifs is 1. The summed E-state index contributed by atoms with van der Waals surface area (Å²) in [5, 5.41) is 10.7. The van der Waals surface area contributed by atoms with Crippen molar-refractivity contribution in [3.05, 3.63) is 29.8 Å².